The first-order valence-corrected chi connectivity index (χ1v) is 8.73. The molecule has 6 heteroatoms. The number of hydrogen-bond acceptors (Lipinski definition) is 4. The molecule has 3 rings (SSSR count). The van der Waals surface area contributed by atoms with E-state index in [4.69, 9.17) is 4.74 Å². The highest BCUT2D eigenvalue weighted by atomic mass is 79.9. The summed E-state index contributed by atoms with van der Waals surface area (Å²) in [5, 5.41) is 2.49. The number of anilines is 1. The Kier molecular flexibility index (Phi) is 4.73. The Balaban J connectivity index is 1.77. The summed E-state index contributed by atoms with van der Waals surface area (Å²) in [6.07, 6.45) is 0. The molecule has 23 heavy (non-hydrogen) atoms. The first-order valence-electron chi connectivity index (χ1n) is 7.06. The van der Waals surface area contributed by atoms with Gasteiger partial charge in [-0.2, -0.15) is 0 Å². The lowest BCUT2D eigenvalue weighted by molar-refractivity contribution is -0.118. The lowest BCUT2D eigenvalue weighted by Crippen LogP contribution is -2.25. The van der Waals surface area contributed by atoms with E-state index < -0.39 is 0 Å². The Morgan fingerprint density at radius 3 is 2.91 bits per heavy atom. The second-order valence-electron chi connectivity index (χ2n) is 5.13. The van der Waals surface area contributed by atoms with E-state index >= 15 is 0 Å². The van der Waals surface area contributed by atoms with Gasteiger partial charge < -0.3 is 10.1 Å². The minimum Gasteiger partial charge on any atom is -0.482 e. The maximum atomic E-state index is 12.6. The quantitative estimate of drug-likeness (QED) is 0.628. The van der Waals surface area contributed by atoms with E-state index in [0.717, 1.165) is 9.37 Å². The van der Waals surface area contributed by atoms with Crippen molar-refractivity contribution in [1.82, 2.24) is 0 Å². The van der Waals surface area contributed by atoms with E-state index in [2.05, 4.69) is 21.2 Å². The molecule has 0 saturated carbocycles. The van der Waals surface area contributed by atoms with Crippen molar-refractivity contribution in [3.05, 3.63) is 52.5 Å². The summed E-state index contributed by atoms with van der Waals surface area (Å²) in [4.78, 5) is 25.0. The number of thioether (sulfide) groups is 1. The summed E-state index contributed by atoms with van der Waals surface area (Å²) in [6, 6.07) is 13.0. The molecule has 1 N–H and O–H groups in total. The van der Waals surface area contributed by atoms with Crippen molar-refractivity contribution in [3.8, 4) is 5.75 Å². The number of benzene rings is 2. The fourth-order valence-corrected chi connectivity index (χ4v) is 3.82. The number of rotatable bonds is 4. The molecule has 2 aromatic rings. The van der Waals surface area contributed by atoms with Gasteiger partial charge in [-0.3, -0.25) is 9.59 Å². The second-order valence-corrected chi connectivity index (χ2v) is 7.46. The molecule has 1 aliphatic rings. The third kappa shape index (κ3) is 3.76. The number of hydrogen-bond donors (Lipinski definition) is 1. The summed E-state index contributed by atoms with van der Waals surface area (Å²) in [5.74, 6) is 0.393. The van der Waals surface area contributed by atoms with Gasteiger partial charge in [-0.25, -0.2) is 0 Å². The number of carbonyl (C=O) groups is 2. The van der Waals surface area contributed by atoms with Crippen molar-refractivity contribution in [2.24, 2.45) is 0 Å². The van der Waals surface area contributed by atoms with Gasteiger partial charge in [0.2, 0.25) is 0 Å². The normalized spacial score (nSPS) is 14.4. The molecule has 118 valence electrons. The molecule has 0 radical (unpaired) electrons. The zero-order valence-corrected chi connectivity index (χ0v) is 14.7. The first kappa shape index (κ1) is 16.1. The molecule has 0 aromatic heterocycles. The maximum Gasteiger partial charge on any atom is 0.262 e. The molecule has 2 aromatic carbocycles. The van der Waals surface area contributed by atoms with E-state index in [-0.39, 0.29) is 23.5 Å². The molecule has 1 atom stereocenters. The Hall–Kier alpha value is -1.79. The van der Waals surface area contributed by atoms with Crippen molar-refractivity contribution in [2.45, 2.75) is 17.1 Å². The number of nitrogens with one attached hydrogen (secondary N) is 1. The van der Waals surface area contributed by atoms with Gasteiger partial charge in [0, 0.05) is 14.9 Å². The Bertz CT molecular complexity index is 778. The van der Waals surface area contributed by atoms with Crippen LogP contribution in [0.25, 0.3) is 0 Å². The molecule has 0 saturated heterocycles. The average Bonchev–Trinajstić information content (AvgIpc) is 2.53. The number of Topliss-reactive ketones (excluding diaryl/α,β-unsaturated/α-hetero) is 1. The summed E-state index contributed by atoms with van der Waals surface area (Å²) < 4.78 is 6.29. The Labute approximate surface area is 146 Å². The highest BCUT2D eigenvalue weighted by Gasteiger charge is 2.21. The zero-order chi connectivity index (χ0) is 16.4. The highest BCUT2D eigenvalue weighted by molar-refractivity contribution is 9.10. The maximum absolute atomic E-state index is 12.6. The van der Waals surface area contributed by atoms with Crippen LogP contribution < -0.4 is 10.1 Å². The van der Waals surface area contributed by atoms with Crippen LogP contribution in [0.5, 0.6) is 5.75 Å². The van der Waals surface area contributed by atoms with Crippen molar-refractivity contribution in [2.75, 3.05) is 11.9 Å². The van der Waals surface area contributed by atoms with Crippen LogP contribution in [0.15, 0.2) is 51.8 Å². The van der Waals surface area contributed by atoms with Gasteiger partial charge in [0.05, 0.1) is 10.9 Å². The van der Waals surface area contributed by atoms with Gasteiger partial charge in [0.15, 0.2) is 12.4 Å². The highest BCUT2D eigenvalue weighted by Crippen LogP contribution is 2.31. The SMILES string of the molecule is CC(Sc1cccc(Br)c1)C(=O)c1ccc2c(c1)NC(=O)CO2. The first-order chi connectivity index (χ1) is 11.0. The number of carbonyl (C=O) groups excluding carboxylic acids is 2. The van der Waals surface area contributed by atoms with E-state index in [1.54, 1.807) is 18.2 Å². The van der Waals surface area contributed by atoms with Crippen LogP contribution in [0.1, 0.15) is 17.3 Å². The van der Waals surface area contributed by atoms with E-state index in [1.165, 1.54) is 11.8 Å². The monoisotopic (exact) mass is 391 g/mol. The second kappa shape index (κ2) is 6.76. The molecular formula is C17H14BrNO3S. The summed E-state index contributed by atoms with van der Waals surface area (Å²) in [5.41, 5.74) is 1.11. The summed E-state index contributed by atoms with van der Waals surface area (Å²) in [6.45, 7) is 1.89. The fourth-order valence-electron chi connectivity index (χ4n) is 2.27. The number of ketones is 1. The smallest absolute Gasteiger partial charge is 0.262 e. The van der Waals surface area contributed by atoms with Gasteiger partial charge in [-0.1, -0.05) is 22.0 Å². The van der Waals surface area contributed by atoms with Gasteiger partial charge in [0.1, 0.15) is 5.75 Å². The molecule has 0 bridgehead atoms. The lowest BCUT2D eigenvalue weighted by atomic mass is 10.1. The predicted octanol–water partition coefficient (Wildman–Crippen LogP) is 4.14. The van der Waals surface area contributed by atoms with Gasteiger partial charge in [0.25, 0.3) is 5.91 Å². The summed E-state index contributed by atoms with van der Waals surface area (Å²) >= 11 is 4.93. The van der Waals surface area contributed by atoms with Crippen LogP contribution in [0.3, 0.4) is 0 Å². The topological polar surface area (TPSA) is 55.4 Å². The molecule has 4 nitrogen and oxygen atoms in total. The number of fused-ring (bicyclic) bond motifs is 1. The van der Waals surface area contributed by atoms with E-state index in [0.29, 0.717) is 17.0 Å². The Morgan fingerprint density at radius 1 is 1.30 bits per heavy atom. The molecule has 1 heterocycles. The van der Waals surface area contributed by atoms with Crippen LogP contribution >= 0.6 is 27.7 Å². The van der Waals surface area contributed by atoms with Gasteiger partial charge in [-0.15, -0.1) is 11.8 Å². The Morgan fingerprint density at radius 2 is 2.13 bits per heavy atom. The number of amides is 1. The van der Waals surface area contributed by atoms with E-state index in [9.17, 15) is 9.59 Å². The molecular weight excluding hydrogens is 378 g/mol. The van der Waals surface area contributed by atoms with Crippen molar-refractivity contribution in [3.63, 3.8) is 0 Å². The minimum absolute atomic E-state index is 0.00936. The van der Waals surface area contributed by atoms with Crippen LogP contribution in [-0.2, 0) is 4.79 Å². The predicted molar refractivity (Wildman–Crippen MR) is 94.4 cm³/mol. The molecule has 1 amide bonds. The van der Waals surface area contributed by atoms with E-state index in [1.807, 2.05) is 31.2 Å². The third-order valence-electron chi connectivity index (χ3n) is 3.38. The van der Waals surface area contributed by atoms with Gasteiger partial charge in [-0.05, 0) is 43.3 Å². The van der Waals surface area contributed by atoms with Crippen LogP contribution in [0.2, 0.25) is 0 Å². The minimum atomic E-state index is -0.234. The standard InChI is InChI=1S/C17H14BrNO3S/c1-10(23-13-4-2-3-12(18)8-13)17(21)11-5-6-15-14(7-11)19-16(20)9-22-15/h2-8,10H,9H2,1H3,(H,19,20). The zero-order valence-electron chi connectivity index (χ0n) is 12.3. The van der Waals surface area contributed by atoms with Crippen molar-refractivity contribution < 1.29 is 14.3 Å². The largest absolute Gasteiger partial charge is 0.482 e. The number of ether oxygens (including phenoxy) is 1. The van der Waals surface area contributed by atoms with Crippen LogP contribution in [0.4, 0.5) is 5.69 Å². The number of halogens is 1. The average molecular weight is 392 g/mol. The molecule has 0 aliphatic carbocycles. The molecule has 1 aliphatic heterocycles. The van der Waals surface area contributed by atoms with Crippen molar-refractivity contribution >= 4 is 45.1 Å². The van der Waals surface area contributed by atoms with Crippen molar-refractivity contribution in [1.29, 1.82) is 0 Å². The van der Waals surface area contributed by atoms with Crippen LogP contribution in [-0.4, -0.2) is 23.5 Å². The summed E-state index contributed by atoms with van der Waals surface area (Å²) in [7, 11) is 0. The third-order valence-corrected chi connectivity index (χ3v) is 4.96. The lowest BCUT2D eigenvalue weighted by Gasteiger charge is -2.19. The van der Waals surface area contributed by atoms with Gasteiger partial charge >= 0.3 is 0 Å². The van der Waals surface area contributed by atoms with Crippen LogP contribution in [0, 0.1) is 0 Å². The molecule has 1 unspecified atom stereocenters. The fraction of sp³-hybridized carbons (Fsp3) is 0.176. The molecule has 0 fully saturated rings. The molecule has 0 spiro atoms.